The Kier molecular flexibility index (Phi) is 6.34. The van der Waals surface area contributed by atoms with E-state index >= 15 is 0 Å². The fourth-order valence-corrected chi connectivity index (χ4v) is 9.89. The third-order valence-electron chi connectivity index (χ3n) is 12.2. The zero-order chi connectivity index (χ0) is 28.8. The topological polar surface area (TPSA) is 76.8 Å². The molecule has 6 heteroatoms. The summed E-state index contributed by atoms with van der Waals surface area (Å²) in [5, 5.41) is 3.32. The van der Waals surface area contributed by atoms with Crippen LogP contribution in [0.1, 0.15) is 100 Å². The number of amides is 1. The first-order chi connectivity index (χ1) is 18.0. The highest BCUT2D eigenvalue weighted by Gasteiger charge is 2.69. The molecule has 39 heavy (non-hydrogen) atoms. The van der Waals surface area contributed by atoms with Gasteiger partial charge in [-0.15, -0.1) is 0 Å². The first-order valence-electron chi connectivity index (χ1n) is 14.9. The second kappa shape index (κ2) is 8.79. The van der Waals surface area contributed by atoms with Gasteiger partial charge in [-0.05, 0) is 93.0 Å². The molecular weight excluding hydrogens is 488 g/mol. The Bertz CT molecular complexity index is 1220. The molecule has 0 unspecified atom stereocenters. The van der Waals surface area contributed by atoms with Crippen molar-refractivity contribution in [3.8, 4) is 0 Å². The second-order valence-electron chi connectivity index (χ2n) is 15.1. The highest BCUT2D eigenvalue weighted by atomic mass is 16.6. The maximum Gasteiger partial charge on any atom is 0.407 e. The van der Waals surface area contributed by atoms with Gasteiger partial charge in [0.15, 0.2) is 11.6 Å². The number of rotatable bonds is 2. The van der Waals surface area contributed by atoms with Gasteiger partial charge in [-0.1, -0.05) is 53.2 Å². The molecule has 5 aliphatic carbocycles. The maximum atomic E-state index is 14.4. The van der Waals surface area contributed by atoms with E-state index in [2.05, 4.69) is 44.8 Å². The van der Waals surface area contributed by atoms with Crippen LogP contribution in [0.2, 0.25) is 0 Å². The second-order valence-corrected chi connectivity index (χ2v) is 15.1. The standard InChI is InChI=1S/C33H46N2O4/c1-19(2)39-28(38)35-33-14-12-29(4,5)17-22(33)26-24(36)16-25-30(6)18-23(34-9)27(37)20(3)21(30)10-11-31(25,7)32(26,8)13-15-33/h16,18-22,26H,10-15,17H2,1-8H3,(H,35,38)/t20-,21-,22-,26-,30-,31+,32+,33-/m0/s1. The molecule has 0 spiro atoms. The number of Topliss-reactive ketones (excluding diaryl/α,β-unsaturated/α-hetero) is 1. The van der Waals surface area contributed by atoms with Gasteiger partial charge in [0, 0.05) is 22.8 Å². The molecule has 6 nitrogen and oxygen atoms in total. The quantitative estimate of drug-likeness (QED) is 0.385. The summed E-state index contributed by atoms with van der Waals surface area (Å²) in [6, 6.07) is 0. The number of allylic oxidation sites excluding steroid dienone is 4. The van der Waals surface area contributed by atoms with E-state index in [0.717, 1.165) is 50.5 Å². The highest BCUT2D eigenvalue weighted by Crippen LogP contribution is 2.72. The summed E-state index contributed by atoms with van der Waals surface area (Å²) in [6.07, 6.45) is 9.44. The van der Waals surface area contributed by atoms with Gasteiger partial charge in [0.25, 0.3) is 0 Å². The third-order valence-corrected chi connectivity index (χ3v) is 12.2. The lowest BCUT2D eigenvalue weighted by Crippen LogP contribution is -2.69. The Morgan fingerprint density at radius 3 is 2.36 bits per heavy atom. The van der Waals surface area contributed by atoms with Gasteiger partial charge < -0.3 is 14.8 Å². The molecule has 5 rings (SSSR count). The summed E-state index contributed by atoms with van der Waals surface area (Å²) < 4.78 is 5.55. The minimum Gasteiger partial charge on any atom is -0.447 e. The fraction of sp³-hybridized carbons (Fsp3) is 0.758. The molecule has 212 valence electrons. The van der Waals surface area contributed by atoms with Crippen molar-refractivity contribution in [2.45, 2.75) is 112 Å². The van der Waals surface area contributed by atoms with Crippen LogP contribution < -0.4 is 5.32 Å². The van der Waals surface area contributed by atoms with Crippen LogP contribution in [0, 0.1) is 51.9 Å². The van der Waals surface area contributed by atoms with Gasteiger partial charge in [-0.25, -0.2) is 9.64 Å². The maximum absolute atomic E-state index is 14.4. The first-order valence-corrected chi connectivity index (χ1v) is 14.9. The fourth-order valence-electron chi connectivity index (χ4n) is 9.89. The minimum absolute atomic E-state index is 0.0218. The number of alkyl carbamates (subject to hydrolysis) is 1. The van der Waals surface area contributed by atoms with Gasteiger partial charge in [0.05, 0.1) is 12.7 Å². The van der Waals surface area contributed by atoms with Crippen LogP contribution in [0.15, 0.2) is 23.4 Å². The third kappa shape index (κ3) is 3.89. The number of hydrogen-bond donors (Lipinski definition) is 1. The summed E-state index contributed by atoms with van der Waals surface area (Å²) in [4.78, 5) is 44.0. The molecule has 1 N–H and O–H groups in total. The molecule has 8 atom stereocenters. The molecule has 3 fully saturated rings. The number of carbonyl (C=O) groups excluding carboxylic acids is 3. The van der Waals surface area contributed by atoms with E-state index in [4.69, 9.17) is 11.3 Å². The number of hydrogen-bond acceptors (Lipinski definition) is 4. The molecule has 5 aliphatic rings. The Balaban J connectivity index is 1.63. The van der Waals surface area contributed by atoms with Crippen LogP contribution in [0.25, 0.3) is 4.85 Å². The SMILES string of the molecule is [C-]#[N+]C1=C[C@]2(C)C3=CC(=O)[C@@H]4[C@@H]5CC(C)(C)CC[C@]5(NC(=O)OC(C)C)CC[C@@]4(C)[C@]3(C)CC[C@H]2[C@H](C)C1=O. The van der Waals surface area contributed by atoms with Gasteiger partial charge >= 0.3 is 6.09 Å². The van der Waals surface area contributed by atoms with Crippen molar-refractivity contribution < 1.29 is 19.1 Å². The Labute approximate surface area is 234 Å². The van der Waals surface area contributed by atoms with Gasteiger partial charge in [0.2, 0.25) is 5.70 Å². The number of ketones is 2. The molecular formula is C33H46N2O4. The number of nitrogens with zero attached hydrogens (tertiary/aromatic N) is 1. The Morgan fingerprint density at radius 1 is 1.05 bits per heavy atom. The van der Waals surface area contributed by atoms with Crippen LogP contribution in [-0.2, 0) is 14.3 Å². The molecule has 0 aliphatic heterocycles. The minimum atomic E-state index is -0.496. The Morgan fingerprint density at radius 2 is 1.72 bits per heavy atom. The lowest BCUT2D eigenvalue weighted by molar-refractivity contribution is -0.159. The van der Waals surface area contributed by atoms with Crippen molar-refractivity contribution in [1.29, 1.82) is 0 Å². The van der Waals surface area contributed by atoms with Crippen molar-refractivity contribution in [3.05, 3.63) is 34.8 Å². The van der Waals surface area contributed by atoms with Gasteiger partial charge in [0.1, 0.15) is 0 Å². The van der Waals surface area contributed by atoms with Crippen LogP contribution in [0.5, 0.6) is 0 Å². The number of nitrogens with one attached hydrogen (secondary N) is 1. The zero-order valence-electron chi connectivity index (χ0n) is 25.1. The summed E-state index contributed by atoms with van der Waals surface area (Å²) in [6.45, 7) is 24.8. The molecule has 0 aromatic heterocycles. The largest absolute Gasteiger partial charge is 0.447 e. The molecule has 0 radical (unpaired) electrons. The molecule has 0 saturated heterocycles. The van der Waals surface area contributed by atoms with Crippen LogP contribution in [0.3, 0.4) is 0 Å². The molecule has 3 saturated carbocycles. The van der Waals surface area contributed by atoms with Crippen molar-refractivity contribution in [3.63, 3.8) is 0 Å². The lowest BCUT2D eigenvalue weighted by Gasteiger charge is -2.68. The zero-order valence-corrected chi connectivity index (χ0v) is 25.1. The van der Waals surface area contributed by atoms with E-state index in [1.165, 1.54) is 0 Å². The van der Waals surface area contributed by atoms with E-state index in [1.807, 2.05) is 32.9 Å². The van der Waals surface area contributed by atoms with Gasteiger partial charge in [-0.3, -0.25) is 4.79 Å². The number of carbonyl (C=O) groups is 3. The summed E-state index contributed by atoms with van der Waals surface area (Å²) >= 11 is 0. The highest BCUT2D eigenvalue weighted by molar-refractivity contribution is 6.01. The predicted octanol–water partition coefficient (Wildman–Crippen LogP) is 7.06. The predicted molar refractivity (Wildman–Crippen MR) is 150 cm³/mol. The lowest BCUT2D eigenvalue weighted by atomic mass is 9.36. The van der Waals surface area contributed by atoms with E-state index < -0.39 is 11.0 Å². The summed E-state index contributed by atoms with van der Waals surface area (Å²) in [5.74, 6) is -0.232. The average Bonchev–Trinajstić information content (AvgIpc) is 2.83. The summed E-state index contributed by atoms with van der Waals surface area (Å²) in [7, 11) is 0. The Hall–Kier alpha value is -2.42. The van der Waals surface area contributed by atoms with Crippen molar-refractivity contribution >= 4 is 17.7 Å². The van der Waals surface area contributed by atoms with E-state index in [0.29, 0.717) is 0 Å². The number of ether oxygens (including phenoxy) is 1. The van der Waals surface area contributed by atoms with Crippen LogP contribution in [0.4, 0.5) is 4.79 Å². The smallest absolute Gasteiger partial charge is 0.407 e. The van der Waals surface area contributed by atoms with E-state index in [1.54, 1.807) is 0 Å². The molecule has 0 aromatic carbocycles. The van der Waals surface area contributed by atoms with E-state index in [-0.39, 0.29) is 69.4 Å². The van der Waals surface area contributed by atoms with Crippen molar-refractivity contribution in [2.24, 2.45) is 45.3 Å². The summed E-state index contributed by atoms with van der Waals surface area (Å²) in [5.41, 5.74) is -0.0638. The molecule has 0 aromatic rings. The van der Waals surface area contributed by atoms with Gasteiger partial charge in [-0.2, -0.15) is 0 Å². The molecule has 0 heterocycles. The van der Waals surface area contributed by atoms with Crippen LogP contribution >= 0.6 is 0 Å². The van der Waals surface area contributed by atoms with E-state index in [9.17, 15) is 14.4 Å². The average molecular weight is 535 g/mol. The van der Waals surface area contributed by atoms with Crippen LogP contribution in [-0.4, -0.2) is 29.3 Å². The normalized spacial score (nSPS) is 44.5. The molecule has 0 bridgehead atoms. The van der Waals surface area contributed by atoms with Crippen molar-refractivity contribution in [1.82, 2.24) is 5.32 Å². The molecule has 1 amide bonds. The first kappa shape index (κ1) is 28.1. The monoisotopic (exact) mass is 534 g/mol. The number of fused-ring (bicyclic) bond motifs is 7. The van der Waals surface area contributed by atoms with Crippen molar-refractivity contribution in [2.75, 3.05) is 0 Å².